The zero-order valence-corrected chi connectivity index (χ0v) is 15.2. The number of hydrogen-bond donors (Lipinski definition) is 0. The second-order valence-electron chi connectivity index (χ2n) is 7.21. The van der Waals surface area contributed by atoms with Crippen LogP contribution in [0.5, 0.6) is 11.5 Å². The fourth-order valence-corrected chi connectivity index (χ4v) is 4.48. The van der Waals surface area contributed by atoms with Crippen LogP contribution >= 0.6 is 0 Å². The third-order valence-electron chi connectivity index (χ3n) is 5.70. The van der Waals surface area contributed by atoms with Gasteiger partial charge in [0, 0.05) is 29.4 Å². The van der Waals surface area contributed by atoms with Crippen LogP contribution in [0.4, 0.5) is 0 Å². The molecular formula is C26H17NO. The molecular weight excluding hydrogens is 342 g/mol. The number of aromatic nitrogens is 1. The fraction of sp³-hybridized carbons (Fsp3) is 0.0385. The topological polar surface area (TPSA) is 22.1 Å². The molecule has 1 aromatic heterocycles. The Kier molecular flexibility index (Phi) is 3.26. The quantitative estimate of drug-likeness (QED) is 0.327. The lowest BCUT2D eigenvalue weighted by Crippen LogP contribution is -2.13. The normalized spacial score (nSPS) is 13.1. The Bertz CT molecular complexity index is 1260. The van der Waals surface area contributed by atoms with Crippen LogP contribution in [0.25, 0.3) is 21.5 Å². The summed E-state index contributed by atoms with van der Waals surface area (Å²) in [7, 11) is 0. The van der Waals surface area contributed by atoms with E-state index < -0.39 is 0 Å². The largest absolute Gasteiger partial charge is 0.457 e. The smallest absolute Gasteiger partial charge is 0.132 e. The highest BCUT2D eigenvalue weighted by Crippen LogP contribution is 2.51. The van der Waals surface area contributed by atoms with Crippen molar-refractivity contribution in [3.8, 4) is 11.5 Å². The third kappa shape index (κ3) is 2.18. The van der Waals surface area contributed by atoms with Gasteiger partial charge in [0.2, 0.25) is 0 Å². The van der Waals surface area contributed by atoms with E-state index in [1.807, 2.05) is 12.4 Å². The number of benzene rings is 4. The Morgan fingerprint density at radius 3 is 1.68 bits per heavy atom. The first kappa shape index (κ1) is 15.4. The molecule has 0 aliphatic carbocycles. The van der Waals surface area contributed by atoms with Crippen molar-refractivity contribution in [2.45, 2.75) is 5.92 Å². The van der Waals surface area contributed by atoms with Gasteiger partial charge in [0.25, 0.3) is 0 Å². The van der Waals surface area contributed by atoms with E-state index in [0.717, 1.165) is 11.5 Å². The molecule has 6 rings (SSSR count). The standard InChI is InChI=1S/C26H17NO/c1-3-7-20-17(5-1)9-11-22-25(20)24(19-13-15-27-16-14-19)26-21-8-4-2-6-18(21)10-12-23(26)28-22/h1-16,24H. The summed E-state index contributed by atoms with van der Waals surface area (Å²) in [6.45, 7) is 0. The van der Waals surface area contributed by atoms with Crippen LogP contribution in [0.2, 0.25) is 0 Å². The minimum atomic E-state index is 0.0962. The minimum absolute atomic E-state index is 0.0962. The molecule has 0 N–H and O–H groups in total. The first-order valence-electron chi connectivity index (χ1n) is 9.51. The van der Waals surface area contributed by atoms with Crippen molar-refractivity contribution in [3.63, 3.8) is 0 Å². The molecule has 2 nitrogen and oxygen atoms in total. The van der Waals surface area contributed by atoms with E-state index in [1.165, 1.54) is 38.2 Å². The molecule has 0 bridgehead atoms. The van der Waals surface area contributed by atoms with Gasteiger partial charge in [-0.3, -0.25) is 4.98 Å². The maximum Gasteiger partial charge on any atom is 0.132 e. The van der Waals surface area contributed by atoms with Gasteiger partial charge in [-0.15, -0.1) is 0 Å². The molecule has 4 aromatic carbocycles. The van der Waals surface area contributed by atoms with Crippen LogP contribution < -0.4 is 4.74 Å². The van der Waals surface area contributed by atoms with Crippen molar-refractivity contribution in [1.29, 1.82) is 0 Å². The van der Waals surface area contributed by atoms with Crippen LogP contribution in [0.15, 0.2) is 97.3 Å². The van der Waals surface area contributed by atoms with E-state index in [2.05, 4.69) is 89.9 Å². The third-order valence-corrected chi connectivity index (χ3v) is 5.70. The van der Waals surface area contributed by atoms with E-state index in [1.54, 1.807) is 0 Å². The molecule has 1 aliphatic rings. The zero-order valence-electron chi connectivity index (χ0n) is 15.2. The maximum absolute atomic E-state index is 6.43. The molecule has 0 atom stereocenters. The van der Waals surface area contributed by atoms with Crippen LogP contribution in [-0.2, 0) is 0 Å². The van der Waals surface area contributed by atoms with Crippen molar-refractivity contribution < 1.29 is 4.74 Å². The molecule has 28 heavy (non-hydrogen) atoms. The molecule has 0 fully saturated rings. The average molecular weight is 359 g/mol. The number of rotatable bonds is 1. The lowest BCUT2D eigenvalue weighted by Gasteiger charge is -2.31. The van der Waals surface area contributed by atoms with Crippen molar-refractivity contribution in [1.82, 2.24) is 4.98 Å². The van der Waals surface area contributed by atoms with Crippen molar-refractivity contribution in [2.24, 2.45) is 0 Å². The van der Waals surface area contributed by atoms with Crippen LogP contribution in [0.1, 0.15) is 22.6 Å². The van der Waals surface area contributed by atoms with Crippen LogP contribution in [0.3, 0.4) is 0 Å². The summed E-state index contributed by atoms with van der Waals surface area (Å²) < 4.78 is 6.43. The van der Waals surface area contributed by atoms with E-state index in [4.69, 9.17) is 4.74 Å². The van der Waals surface area contributed by atoms with E-state index in [-0.39, 0.29) is 5.92 Å². The summed E-state index contributed by atoms with van der Waals surface area (Å²) in [5, 5.41) is 4.93. The Morgan fingerprint density at radius 2 is 1.11 bits per heavy atom. The second-order valence-corrected chi connectivity index (χ2v) is 7.21. The van der Waals surface area contributed by atoms with Gasteiger partial charge in [-0.2, -0.15) is 0 Å². The SMILES string of the molecule is c1ccc2c3c(ccc2c1)Oc1ccc2ccccc2c1C3c1ccncc1. The lowest BCUT2D eigenvalue weighted by molar-refractivity contribution is 0.456. The maximum atomic E-state index is 6.43. The molecule has 0 saturated heterocycles. The number of nitrogens with zero attached hydrogens (tertiary/aromatic N) is 1. The number of pyridine rings is 1. The molecule has 2 heteroatoms. The highest BCUT2D eigenvalue weighted by molar-refractivity contribution is 5.95. The Balaban J connectivity index is 1.77. The minimum Gasteiger partial charge on any atom is -0.457 e. The number of fused-ring (bicyclic) bond motifs is 6. The average Bonchev–Trinajstić information content (AvgIpc) is 2.78. The zero-order chi connectivity index (χ0) is 18.5. The van der Waals surface area contributed by atoms with E-state index >= 15 is 0 Å². The van der Waals surface area contributed by atoms with Crippen molar-refractivity contribution in [2.75, 3.05) is 0 Å². The summed E-state index contributed by atoms with van der Waals surface area (Å²) in [6, 6.07) is 29.8. The summed E-state index contributed by atoms with van der Waals surface area (Å²) >= 11 is 0. The molecule has 0 radical (unpaired) electrons. The molecule has 1 aliphatic heterocycles. The number of ether oxygens (including phenoxy) is 1. The summed E-state index contributed by atoms with van der Waals surface area (Å²) in [4.78, 5) is 4.25. The van der Waals surface area contributed by atoms with E-state index in [9.17, 15) is 0 Å². The van der Waals surface area contributed by atoms with Gasteiger partial charge in [-0.05, 0) is 51.4 Å². The number of hydrogen-bond acceptors (Lipinski definition) is 2. The Labute approximate surface area is 163 Å². The van der Waals surface area contributed by atoms with E-state index in [0.29, 0.717) is 0 Å². The molecule has 0 saturated carbocycles. The molecule has 0 unspecified atom stereocenters. The molecule has 5 aromatic rings. The first-order valence-corrected chi connectivity index (χ1v) is 9.51. The monoisotopic (exact) mass is 359 g/mol. The predicted octanol–water partition coefficient (Wildman–Crippen LogP) is 6.67. The summed E-state index contributed by atoms with van der Waals surface area (Å²) in [5.41, 5.74) is 3.69. The summed E-state index contributed by atoms with van der Waals surface area (Å²) in [6.07, 6.45) is 3.75. The molecule has 2 heterocycles. The Morgan fingerprint density at radius 1 is 0.571 bits per heavy atom. The van der Waals surface area contributed by atoms with Gasteiger partial charge < -0.3 is 4.74 Å². The van der Waals surface area contributed by atoms with Gasteiger partial charge in [0.15, 0.2) is 0 Å². The van der Waals surface area contributed by atoms with Crippen molar-refractivity contribution in [3.05, 3.63) is 114 Å². The van der Waals surface area contributed by atoms with Gasteiger partial charge in [-0.25, -0.2) is 0 Å². The summed E-state index contributed by atoms with van der Waals surface area (Å²) in [5.74, 6) is 1.96. The molecule has 0 amide bonds. The van der Waals surface area contributed by atoms with Gasteiger partial charge in [-0.1, -0.05) is 60.7 Å². The molecule has 132 valence electrons. The molecule has 0 spiro atoms. The van der Waals surface area contributed by atoms with Gasteiger partial charge >= 0.3 is 0 Å². The fourth-order valence-electron chi connectivity index (χ4n) is 4.48. The lowest BCUT2D eigenvalue weighted by atomic mass is 9.79. The first-order chi connectivity index (χ1) is 13.9. The van der Waals surface area contributed by atoms with Gasteiger partial charge in [0.1, 0.15) is 11.5 Å². The van der Waals surface area contributed by atoms with Gasteiger partial charge in [0.05, 0.1) is 0 Å². The van der Waals surface area contributed by atoms with Crippen molar-refractivity contribution >= 4 is 21.5 Å². The highest BCUT2D eigenvalue weighted by atomic mass is 16.5. The van der Waals surface area contributed by atoms with Crippen LogP contribution in [0, 0.1) is 0 Å². The van der Waals surface area contributed by atoms with Crippen LogP contribution in [-0.4, -0.2) is 4.98 Å². The predicted molar refractivity (Wildman–Crippen MR) is 113 cm³/mol. The second kappa shape index (κ2) is 5.93. The highest BCUT2D eigenvalue weighted by Gasteiger charge is 2.31. The Hall–Kier alpha value is -3.65.